The van der Waals surface area contributed by atoms with Gasteiger partial charge in [0.15, 0.2) is 5.13 Å². The number of pyridine rings is 1. The lowest BCUT2D eigenvalue weighted by Gasteiger charge is -2.04. The minimum absolute atomic E-state index is 0.0863. The standard InChI is InChI=1S/C18H17FN4OS/c19-14-6-4-13(5-7-14)8-10-21-17(24)11-15-12-25-18(22-15)23-16-3-1-2-9-20-16/h1-7,9,12H,8,10-11H2,(H,21,24)(H,20,22,23). The average Bonchev–Trinajstić information content (AvgIpc) is 3.04. The molecule has 7 heteroatoms. The SMILES string of the molecule is O=C(Cc1csc(Nc2ccccn2)n1)NCCc1ccc(F)cc1. The molecular weight excluding hydrogens is 339 g/mol. The minimum Gasteiger partial charge on any atom is -0.355 e. The molecule has 0 radical (unpaired) electrons. The van der Waals surface area contributed by atoms with E-state index in [0.717, 1.165) is 5.56 Å². The van der Waals surface area contributed by atoms with Gasteiger partial charge in [-0.05, 0) is 36.2 Å². The molecule has 3 aromatic rings. The number of carbonyl (C=O) groups excluding carboxylic acids is 1. The number of aromatic nitrogens is 2. The maximum Gasteiger partial charge on any atom is 0.226 e. The first-order valence-corrected chi connectivity index (χ1v) is 8.70. The quantitative estimate of drug-likeness (QED) is 0.681. The Hall–Kier alpha value is -2.80. The molecule has 0 atom stereocenters. The van der Waals surface area contributed by atoms with Gasteiger partial charge in [-0.3, -0.25) is 4.79 Å². The second-order valence-electron chi connectivity index (χ2n) is 5.39. The first-order valence-electron chi connectivity index (χ1n) is 7.82. The molecule has 0 bridgehead atoms. The zero-order valence-electron chi connectivity index (χ0n) is 13.4. The summed E-state index contributed by atoms with van der Waals surface area (Å²) in [5.74, 6) is 0.371. The highest BCUT2D eigenvalue weighted by Crippen LogP contribution is 2.19. The predicted molar refractivity (Wildman–Crippen MR) is 96.5 cm³/mol. The highest BCUT2D eigenvalue weighted by Gasteiger charge is 2.08. The molecule has 1 aromatic carbocycles. The van der Waals surface area contributed by atoms with Crippen molar-refractivity contribution < 1.29 is 9.18 Å². The monoisotopic (exact) mass is 356 g/mol. The number of halogens is 1. The van der Waals surface area contributed by atoms with Gasteiger partial charge in [-0.2, -0.15) is 0 Å². The van der Waals surface area contributed by atoms with Gasteiger partial charge in [0.05, 0.1) is 12.1 Å². The highest BCUT2D eigenvalue weighted by atomic mass is 32.1. The van der Waals surface area contributed by atoms with Crippen LogP contribution in [-0.2, 0) is 17.6 Å². The minimum atomic E-state index is -0.258. The van der Waals surface area contributed by atoms with Crippen LogP contribution in [0.3, 0.4) is 0 Å². The summed E-state index contributed by atoms with van der Waals surface area (Å²) < 4.78 is 12.8. The molecular formula is C18H17FN4OS. The Balaban J connectivity index is 1.44. The fourth-order valence-electron chi connectivity index (χ4n) is 2.22. The van der Waals surface area contributed by atoms with Gasteiger partial charge in [0.2, 0.25) is 5.91 Å². The van der Waals surface area contributed by atoms with Crippen molar-refractivity contribution in [2.24, 2.45) is 0 Å². The van der Waals surface area contributed by atoms with E-state index in [1.54, 1.807) is 18.3 Å². The summed E-state index contributed by atoms with van der Waals surface area (Å²) >= 11 is 1.43. The van der Waals surface area contributed by atoms with Gasteiger partial charge in [-0.15, -0.1) is 11.3 Å². The van der Waals surface area contributed by atoms with Crippen LogP contribution in [0, 0.1) is 5.82 Å². The largest absolute Gasteiger partial charge is 0.355 e. The summed E-state index contributed by atoms with van der Waals surface area (Å²) in [6.45, 7) is 0.508. The number of hydrogen-bond donors (Lipinski definition) is 2. The molecule has 0 saturated carbocycles. The van der Waals surface area contributed by atoms with Gasteiger partial charge in [0, 0.05) is 18.1 Å². The number of nitrogens with one attached hydrogen (secondary N) is 2. The predicted octanol–water partition coefficient (Wildman–Crippen LogP) is 3.32. The fourth-order valence-corrected chi connectivity index (χ4v) is 2.93. The first-order chi connectivity index (χ1) is 12.2. The molecule has 2 aromatic heterocycles. The summed E-state index contributed by atoms with van der Waals surface area (Å²) in [6, 6.07) is 11.9. The lowest BCUT2D eigenvalue weighted by Crippen LogP contribution is -2.27. The molecule has 25 heavy (non-hydrogen) atoms. The number of thiazole rings is 1. The molecule has 5 nitrogen and oxygen atoms in total. The molecule has 0 unspecified atom stereocenters. The molecule has 0 aliphatic carbocycles. The molecule has 2 N–H and O–H groups in total. The van der Waals surface area contributed by atoms with E-state index in [0.29, 0.717) is 29.6 Å². The van der Waals surface area contributed by atoms with E-state index in [1.807, 2.05) is 23.6 Å². The molecule has 1 amide bonds. The third kappa shape index (κ3) is 5.36. The third-order valence-corrected chi connectivity index (χ3v) is 4.25. The van der Waals surface area contributed by atoms with Crippen LogP contribution in [0.2, 0.25) is 0 Å². The summed E-state index contributed by atoms with van der Waals surface area (Å²) in [5, 5.41) is 8.51. The van der Waals surface area contributed by atoms with Crippen molar-refractivity contribution in [3.63, 3.8) is 0 Å². The third-order valence-electron chi connectivity index (χ3n) is 3.44. The van der Waals surface area contributed by atoms with Crippen LogP contribution in [0.15, 0.2) is 54.0 Å². The van der Waals surface area contributed by atoms with Crippen molar-refractivity contribution in [1.29, 1.82) is 0 Å². The summed E-state index contributed by atoms with van der Waals surface area (Å²) in [7, 11) is 0. The van der Waals surface area contributed by atoms with Crippen molar-refractivity contribution in [2.45, 2.75) is 12.8 Å². The average molecular weight is 356 g/mol. The molecule has 0 spiro atoms. The van der Waals surface area contributed by atoms with Gasteiger partial charge in [0.25, 0.3) is 0 Å². The van der Waals surface area contributed by atoms with Gasteiger partial charge in [0.1, 0.15) is 11.6 Å². The van der Waals surface area contributed by atoms with Crippen LogP contribution in [0.4, 0.5) is 15.3 Å². The van der Waals surface area contributed by atoms with E-state index in [4.69, 9.17) is 0 Å². The smallest absolute Gasteiger partial charge is 0.226 e. The molecule has 2 heterocycles. The number of hydrogen-bond acceptors (Lipinski definition) is 5. The van der Waals surface area contributed by atoms with Crippen LogP contribution >= 0.6 is 11.3 Å². The Labute approximate surface area is 149 Å². The van der Waals surface area contributed by atoms with Crippen molar-refractivity contribution >= 4 is 28.2 Å². The Morgan fingerprint density at radius 3 is 2.76 bits per heavy atom. The molecule has 0 aliphatic rings. The maximum absolute atomic E-state index is 12.8. The maximum atomic E-state index is 12.8. The van der Waals surface area contributed by atoms with E-state index in [2.05, 4.69) is 20.6 Å². The van der Waals surface area contributed by atoms with E-state index >= 15 is 0 Å². The van der Waals surface area contributed by atoms with E-state index < -0.39 is 0 Å². The second kappa shape index (κ2) is 8.34. The number of amides is 1. The van der Waals surface area contributed by atoms with Crippen LogP contribution < -0.4 is 10.6 Å². The van der Waals surface area contributed by atoms with Gasteiger partial charge in [-0.25, -0.2) is 14.4 Å². The zero-order chi connectivity index (χ0) is 17.5. The molecule has 0 aliphatic heterocycles. The zero-order valence-corrected chi connectivity index (χ0v) is 14.2. The van der Waals surface area contributed by atoms with Crippen molar-refractivity contribution in [2.75, 3.05) is 11.9 Å². The number of rotatable bonds is 7. The second-order valence-corrected chi connectivity index (χ2v) is 6.25. The van der Waals surface area contributed by atoms with Crippen molar-refractivity contribution in [3.05, 3.63) is 71.1 Å². The topological polar surface area (TPSA) is 66.9 Å². The number of anilines is 2. The highest BCUT2D eigenvalue weighted by molar-refractivity contribution is 7.13. The number of carbonyl (C=O) groups is 1. The number of nitrogens with zero attached hydrogens (tertiary/aromatic N) is 2. The normalized spacial score (nSPS) is 10.4. The van der Waals surface area contributed by atoms with Gasteiger partial charge in [-0.1, -0.05) is 18.2 Å². The van der Waals surface area contributed by atoms with E-state index in [9.17, 15) is 9.18 Å². The Morgan fingerprint density at radius 2 is 2.00 bits per heavy atom. The Bertz CT molecular complexity index is 821. The number of benzene rings is 1. The fraction of sp³-hybridized carbons (Fsp3) is 0.167. The van der Waals surface area contributed by atoms with E-state index in [1.165, 1.54) is 23.5 Å². The molecule has 0 saturated heterocycles. The summed E-state index contributed by atoms with van der Waals surface area (Å²) in [5.41, 5.74) is 1.69. The van der Waals surface area contributed by atoms with Crippen LogP contribution in [0.25, 0.3) is 0 Å². The van der Waals surface area contributed by atoms with Crippen LogP contribution in [0.1, 0.15) is 11.3 Å². The summed E-state index contributed by atoms with van der Waals surface area (Å²) in [4.78, 5) is 20.5. The molecule has 3 rings (SSSR count). The van der Waals surface area contributed by atoms with Gasteiger partial charge >= 0.3 is 0 Å². The summed E-state index contributed by atoms with van der Waals surface area (Å²) in [6.07, 6.45) is 2.59. The van der Waals surface area contributed by atoms with E-state index in [-0.39, 0.29) is 18.1 Å². The lowest BCUT2D eigenvalue weighted by atomic mass is 10.1. The lowest BCUT2D eigenvalue weighted by molar-refractivity contribution is -0.120. The van der Waals surface area contributed by atoms with Crippen LogP contribution in [0.5, 0.6) is 0 Å². The van der Waals surface area contributed by atoms with Crippen molar-refractivity contribution in [3.8, 4) is 0 Å². The molecule has 0 fully saturated rings. The van der Waals surface area contributed by atoms with Crippen LogP contribution in [-0.4, -0.2) is 22.4 Å². The molecule has 128 valence electrons. The van der Waals surface area contributed by atoms with Crippen molar-refractivity contribution in [1.82, 2.24) is 15.3 Å². The first kappa shape index (κ1) is 17.0. The van der Waals surface area contributed by atoms with Gasteiger partial charge < -0.3 is 10.6 Å². The Morgan fingerprint density at radius 1 is 1.16 bits per heavy atom. The Kier molecular flexibility index (Phi) is 5.69.